The van der Waals surface area contributed by atoms with Gasteiger partial charge in [-0.05, 0) is 32.6 Å². The van der Waals surface area contributed by atoms with Gasteiger partial charge in [-0.2, -0.15) is 0 Å². The SMILES string of the molecule is CCS(=O)(=O)N1CCCC(C(=O)NC(C)(CC(=O)O)C(C)C)C1. The first-order valence-corrected chi connectivity index (χ1v) is 9.64. The Labute approximate surface area is 138 Å². The van der Waals surface area contributed by atoms with Gasteiger partial charge in [-0.15, -0.1) is 0 Å². The maximum atomic E-state index is 12.5. The molecule has 0 aromatic carbocycles. The first kappa shape index (κ1) is 19.9. The summed E-state index contributed by atoms with van der Waals surface area (Å²) in [5.41, 5.74) is -0.852. The van der Waals surface area contributed by atoms with Crippen LogP contribution in [0, 0.1) is 11.8 Å². The third kappa shape index (κ3) is 5.17. The molecule has 2 N–H and O–H groups in total. The number of amides is 1. The van der Waals surface area contributed by atoms with E-state index in [1.807, 2.05) is 13.8 Å². The topological polar surface area (TPSA) is 104 Å². The lowest BCUT2D eigenvalue weighted by molar-refractivity contribution is -0.140. The number of nitrogens with one attached hydrogen (secondary N) is 1. The monoisotopic (exact) mass is 348 g/mol. The number of piperidine rings is 1. The molecule has 8 heteroatoms. The van der Waals surface area contributed by atoms with Crippen LogP contribution in [0.5, 0.6) is 0 Å². The minimum Gasteiger partial charge on any atom is -0.481 e. The molecule has 1 fully saturated rings. The van der Waals surface area contributed by atoms with Crippen molar-refractivity contribution in [2.45, 2.75) is 52.5 Å². The third-order valence-corrected chi connectivity index (χ3v) is 6.56. The van der Waals surface area contributed by atoms with Gasteiger partial charge in [0.05, 0.1) is 18.1 Å². The molecule has 134 valence electrons. The minimum absolute atomic E-state index is 0.0179. The van der Waals surface area contributed by atoms with E-state index in [9.17, 15) is 18.0 Å². The standard InChI is InChI=1S/C15H28N2O5S/c1-5-23(21,22)17-8-6-7-12(10-17)14(20)16-15(4,11(2)3)9-13(18)19/h11-12H,5-10H2,1-4H3,(H,16,20)(H,18,19). The van der Waals surface area contributed by atoms with E-state index in [0.29, 0.717) is 19.4 Å². The molecular formula is C15H28N2O5S. The summed E-state index contributed by atoms with van der Waals surface area (Å²) >= 11 is 0. The van der Waals surface area contributed by atoms with Crippen LogP contribution in [0.4, 0.5) is 0 Å². The zero-order valence-electron chi connectivity index (χ0n) is 14.3. The Bertz CT molecular complexity index is 546. The molecule has 2 unspecified atom stereocenters. The van der Waals surface area contributed by atoms with Gasteiger partial charge in [-0.25, -0.2) is 12.7 Å². The van der Waals surface area contributed by atoms with Gasteiger partial charge in [0.15, 0.2) is 0 Å². The van der Waals surface area contributed by atoms with Crippen LogP contribution in [0.15, 0.2) is 0 Å². The van der Waals surface area contributed by atoms with E-state index >= 15 is 0 Å². The largest absolute Gasteiger partial charge is 0.481 e. The van der Waals surface area contributed by atoms with Gasteiger partial charge < -0.3 is 10.4 Å². The molecule has 1 aliphatic heterocycles. The summed E-state index contributed by atoms with van der Waals surface area (Å²) in [6.45, 7) is 7.63. The molecule has 2 atom stereocenters. The Hall–Kier alpha value is -1.15. The van der Waals surface area contributed by atoms with Gasteiger partial charge in [0, 0.05) is 18.6 Å². The number of sulfonamides is 1. The number of hydrogen-bond donors (Lipinski definition) is 2. The summed E-state index contributed by atoms with van der Waals surface area (Å²) in [4.78, 5) is 23.6. The molecule has 23 heavy (non-hydrogen) atoms. The number of carbonyl (C=O) groups is 2. The summed E-state index contributed by atoms with van der Waals surface area (Å²) in [6, 6.07) is 0. The zero-order chi connectivity index (χ0) is 17.8. The van der Waals surface area contributed by atoms with Crippen LogP contribution < -0.4 is 5.32 Å². The molecule has 1 aliphatic rings. The summed E-state index contributed by atoms with van der Waals surface area (Å²) in [6.07, 6.45) is 1.08. The van der Waals surface area contributed by atoms with E-state index in [2.05, 4.69) is 5.32 Å². The maximum Gasteiger partial charge on any atom is 0.305 e. The summed E-state index contributed by atoms with van der Waals surface area (Å²) in [7, 11) is -3.31. The summed E-state index contributed by atoms with van der Waals surface area (Å²) in [5, 5.41) is 11.9. The second-order valence-electron chi connectivity index (χ2n) is 6.73. The Morgan fingerprint density at radius 3 is 2.48 bits per heavy atom. The van der Waals surface area contributed by atoms with E-state index in [0.717, 1.165) is 0 Å². The number of rotatable bonds is 7. The van der Waals surface area contributed by atoms with Crippen LogP contribution in [-0.4, -0.2) is 54.1 Å². The second kappa shape index (κ2) is 7.61. The van der Waals surface area contributed by atoms with Crippen molar-refractivity contribution in [3.63, 3.8) is 0 Å². The van der Waals surface area contributed by atoms with Crippen molar-refractivity contribution in [1.29, 1.82) is 0 Å². The quantitative estimate of drug-likeness (QED) is 0.716. The van der Waals surface area contributed by atoms with Crippen molar-refractivity contribution < 1.29 is 23.1 Å². The molecule has 1 amide bonds. The molecule has 1 heterocycles. The van der Waals surface area contributed by atoms with Crippen LogP contribution in [-0.2, 0) is 19.6 Å². The number of aliphatic carboxylic acids is 1. The van der Waals surface area contributed by atoms with E-state index in [1.165, 1.54) is 4.31 Å². The average molecular weight is 348 g/mol. The Morgan fingerprint density at radius 1 is 1.39 bits per heavy atom. The highest BCUT2D eigenvalue weighted by atomic mass is 32.2. The molecule has 0 aromatic rings. The highest BCUT2D eigenvalue weighted by molar-refractivity contribution is 7.89. The van der Waals surface area contributed by atoms with Crippen molar-refractivity contribution in [2.24, 2.45) is 11.8 Å². The van der Waals surface area contributed by atoms with Crippen LogP contribution >= 0.6 is 0 Å². The van der Waals surface area contributed by atoms with Gasteiger partial charge in [-0.1, -0.05) is 13.8 Å². The Kier molecular flexibility index (Phi) is 6.59. The van der Waals surface area contributed by atoms with Crippen LogP contribution in [0.3, 0.4) is 0 Å². The number of carboxylic acid groups (broad SMARTS) is 1. The lowest BCUT2D eigenvalue weighted by atomic mass is 9.84. The molecule has 0 aliphatic carbocycles. The highest BCUT2D eigenvalue weighted by Gasteiger charge is 2.37. The smallest absolute Gasteiger partial charge is 0.305 e. The van der Waals surface area contributed by atoms with Crippen molar-refractivity contribution in [2.75, 3.05) is 18.8 Å². The molecule has 1 rings (SSSR count). The van der Waals surface area contributed by atoms with Crippen LogP contribution in [0.1, 0.15) is 47.0 Å². The lowest BCUT2D eigenvalue weighted by Gasteiger charge is -2.37. The molecule has 0 bridgehead atoms. The van der Waals surface area contributed by atoms with Crippen LogP contribution in [0.25, 0.3) is 0 Å². The van der Waals surface area contributed by atoms with Crippen molar-refractivity contribution in [3.8, 4) is 0 Å². The Morgan fingerprint density at radius 2 is 2.00 bits per heavy atom. The van der Waals surface area contributed by atoms with Gasteiger partial charge in [-0.3, -0.25) is 9.59 Å². The number of carbonyl (C=O) groups excluding carboxylic acids is 1. The minimum atomic E-state index is -3.31. The van der Waals surface area contributed by atoms with Gasteiger partial charge >= 0.3 is 5.97 Å². The fourth-order valence-corrected chi connectivity index (χ4v) is 3.86. The van der Waals surface area contributed by atoms with Crippen molar-refractivity contribution in [1.82, 2.24) is 9.62 Å². The molecule has 0 radical (unpaired) electrons. The average Bonchev–Trinajstić information content (AvgIpc) is 2.46. The fraction of sp³-hybridized carbons (Fsp3) is 0.867. The fourth-order valence-electron chi connectivity index (χ4n) is 2.68. The normalized spacial score (nSPS) is 22.6. The Balaban J connectivity index is 2.82. The van der Waals surface area contributed by atoms with Gasteiger partial charge in [0.25, 0.3) is 0 Å². The summed E-state index contributed by atoms with van der Waals surface area (Å²) < 4.78 is 25.3. The summed E-state index contributed by atoms with van der Waals surface area (Å²) in [5.74, 6) is -1.71. The predicted molar refractivity (Wildman–Crippen MR) is 87.4 cm³/mol. The van der Waals surface area contributed by atoms with E-state index in [4.69, 9.17) is 5.11 Å². The van der Waals surface area contributed by atoms with E-state index < -0.39 is 27.4 Å². The zero-order valence-corrected chi connectivity index (χ0v) is 15.1. The molecular weight excluding hydrogens is 320 g/mol. The number of carboxylic acids is 1. The predicted octanol–water partition coefficient (Wildman–Crippen LogP) is 1.05. The maximum absolute atomic E-state index is 12.5. The van der Waals surface area contributed by atoms with E-state index in [-0.39, 0.29) is 30.5 Å². The highest BCUT2D eigenvalue weighted by Crippen LogP contribution is 2.24. The molecule has 0 spiro atoms. The first-order valence-electron chi connectivity index (χ1n) is 8.03. The number of nitrogens with zero attached hydrogens (tertiary/aromatic N) is 1. The van der Waals surface area contributed by atoms with Crippen LogP contribution in [0.2, 0.25) is 0 Å². The molecule has 0 aromatic heterocycles. The third-order valence-electron chi connectivity index (χ3n) is 4.71. The first-order chi connectivity index (χ1) is 10.5. The van der Waals surface area contributed by atoms with Gasteiger partial charge in [0.2, 0.25) is 15.9 Å². The second-order valence-corrected chi connectivity index (χ2v) is 8.99. The number of hydrogen-bond acceptors (Lipinski definition) is 4. The van der Waals surface area contributed by atoms with Gasteiger partial charge in [0.1, 0.15) is 0 Å². The van der Waals surface area contributed by atoms with E-state index in [1.54, 1.807) is 13.8 Å². The lowest BCUT2D eigenvalue weighted by Crippen LogP contribution is -2.55. The van der Waals surface area contributed by atoms with Crippen molar-refractivity contribution in [3.05, 3.63) is 0 Å². The molecule has 1 saturated heterocycles. The van der Waals surface area contributed by atoms with Crippen molar-refractivity contribution >= 4 is 21.9 Å². The molecule has 0 saturated carbocycles. The molecule has 7 nitrogen and oxygen atoms in total.